The van der Waals surface area contributed by atoms with E-state index in [1.54, 1.807) is 0 Å². The summed E-state index contributed by atoms with van der Waals surface area (Å²) in [6.45, 7) is 2.24. The van der Waals surface area contributed by atoms with Crippen LogP contribution in [0.1, 0.15) is 36.1 Å². The molecule has 0 N–H and O–H groups in total. The number of benzene rings is 7. The lowest BCUT2D eigenvalue weighted by atomic mass is 9.83. The number of hydrogen-bond donors (Lipinski definition) is 0. The summed E-state index contributed by atoms with van der Waals surface area (Å²) >= 11 is 0. The molecule has 0 bridgehead atoms. The highest BCUT2D eigenvalue weighted by atomic mass is 15.0. The summed E-state index contributed by atoms with van der Waals surface area (Å²) in [7, 11) is 0. The lowest BCUT2D eigenvalue weighted by Gasteiger charge is -2.30. The molecule has 1 aliphatic rings. The Bertz CT molecular complexity index is 2550. The molecule has 0 radical (unpaired) electrons. The van der Waals surface area contributed by atoms with E-state index in [4.69, 9.17) is 15.0 Å². The molecule has 1 aliphatic heterocycles. The van der Waals surface area contributed by atoms with Crippen molar-refractivity contribution >= 4 is 22.3 Å². The van der Waals surface area contributed by atoms with Crippen molar-refractivity contribution < 1.29 is 0 Å². The predicted molar refractivity (Wildman–Crippen MR) is 226 cm³/mol. The summed E-state index contributed by atoms with van der Waals surface area (Å²) < 4.78 is 0. The maximum Gasteiger partial charge on any atom is 0.155 e. The number of nitrogens with zero attached hydrogens (tertiary/aromatic N) is 3. The van der Waals surface area contributed by atoms with Crippen LogP contribution in [-0.4, -0.2) is 16.5 Å². The van der Waals surface area contributed by atoms with Crippen molar-refractivity contribution in [3.05, 3.63) is 211 Å². The average molecular weight is 694 g/mol. The highest BCUT2D eigenvalue weighted by Gasteiger charge is 2.31. The summed E-state index contributed by atoms with van der Waals surface area (Å²) in [4.78, 5) is 15.9. The molecule has 9 rings (SSSR count). The van der Waals surface area contributed by atoms with Gasteiger partial charge in [-0.05, 0) is 62.7 Å². The zero-order valence-electron chi connectivity index (χ0n) is 30.2. The molecule has 2 atom stereocenters. The molecule has 2 heterocycles. The number of fused-ring (bicyclic) bond motifs is 1. The molecule has 0 saturated carbocycles. The largest absolute Gasteiger partial charge is 0.257 e. The molecule has 1 aromatic heterocycles. The molecular formula is C51H39N3. The minimum absolute atomic E-state index is 0.00789. The van der Waals surface area contributed by atoms with Crippen LogP contribution in [-0.2, 0) is 0 Å². The highest BCUT2D eigenvalue weighted by molar-refractivity contribution is 6.15. The van der Waals surface area contributed by atoms with Crippen molar-refractivity contribution in [1.82, 2.24) is 4.98 Å². The van der Waals surface area contributed by atoms with Crippen molar-refractivity contribution in [2.45, 2.75) is 19.4 Å². The first kappa shape index (κ1) is 33.1. The van der Waals surface area contributed by atoms with Gasteiger partial charge in [-0.25, -0.2) is 9.98 Å². The predicted octanol–water partition coefficient (Wildman–Crippen LogP) is 12.9. The van der Waals surface area contributed by atoms with Gasteiger partial charge in [-0.1, -0.05) is 189 Å². The molecule has 8 aromatic rings. The second kappa shape index (κ2) is 14.7. The Morgan fingerprint density at radius 1 is 0.426 bits per heavy atom. The van der Waals surface area contributed by atoms with Gasteiger partial charge in [0.15, 0.2) is 5.84 Å². The highest BCUT2D eigenvalue weighted by Crippen LogP contribution is 2.39. The standard InChI is InChI=1S/C51H39N3/c1-2-42-49(38-21-11-5-12-22-38)53-51(54-50(42)39-23-13-6-14-24-39)40-29-27-36(28-30-40)43-31-32-46(45-26-16-15-25-44(43)45)48-34-41(35-17-7-3-8-18-35)33-47(52-48)37-19-9-4-10-20-37/h3-34,42,49H,2H2,1H3. The molecule has 54 heavy (non-hydrogen) atoms. The molecule has 0 fully saturated rings. The number of aliphatic imine (C=N–C) groups is 2. The van der Waals surface area contributed by atoms with Gasteiger partial charge < -0.3 is 0 Å². The van der Waals surface area contributed by atoms with E-state index in [0.717, 1.165) is 62.7 Å². The van der Waals surface area contributed by atoms with Gasteiger partial charge in [0.05, 0.1) is 23.1 Å². The van der Waals surface area contributed by atoms with Crippen molar-refractivity contribution in [2.75, 3.05) is 0 Å². The number of amidine groups is 1. The van der Waals surface area contributed by atoms with Gasteiger partial charge in [-0.2, -0.15) is 0 Å². The number of rotatable bonds is 8. The van der Waals surface area contributed by atoms with E-state index in [-0.39, 0.29) is 12.0 Å². The maximum atomic E-state index is 5.33. The van der Waals surface area contributed by atoms with Crippen LogP contribution in [0.4, 0.5) is 0 Å². The van der Waals surface area contributed by atoms with Gasteiger partial charge in [0, 0.05) is 22.6 Å². The number of pyridine rings is 1. The van der Waals surface area contributed by atoms with Crippen LogP contribution in [0, 0.1) is 5.92 Å². The lowest BCUT2D eigenvalue weighted by Crippen LogP contribution is -2.28. The molecule has 7 aromatic carbocycles. The second-order valence-electron chi connectivity index (χ2n) is 13.8. The monoisotopic (exact) mass is 693 g/mol. The molecule has 3 heteroatoms. The van der Waals surface area contributed by atoms with Gasteiger partial charge in [-0.3, -0.25) is 4.99 Å². The first-order chi connectivity index (χ1) is 26.7. The molecular weight excluding hydrogens is 655 g/mol. The fourth-order valence-electron chi connectivity index (χ4n) is 7.79. The van der Waals surface area contributed by atoms with Crippen molar-refractivity contribution in [3.63, 3.8) is 0 Å². The van der Waals surface area contributed by atoms with E-state index in [2.05, 4.69) is 195 Å². The molecule has 0 amide bonds. The normalized spacial score (nSPS) is 15.4. The Hall–Kier alpha value is -6.71. The molecule has 258 valence electrons. The van der Waals surface area contributed by atoms with Crippen LogP contribution in [0.2, 0.25) is 0 Å². The summed E-state index contributed by atoms with van der Waals surface area (Å²) in [5, 5.41) is 2.35. The zero-order chi connectivity index (χ0) is 36.3. The Kier molecular flexibility index (Phi) is 9.04. The van der Waals surface area contributed by atoms with Crippen LogP contribution < -0.4 is 0 Å². The SMILES string of the molecule is CCC1C(c2ccccc2)=NC(c2ccc(-c3ccc(-c4cc(-c5ccccc5)cc(-c5ccccc5)n4)c4ccccc34)cc2)=NC1c1ccccc1. The zero-order valence-corrected chi connectivity index (χ0v) is 30.2. The van der Waals surface area contributed by atoms with Crippen LogP contribution in [0.25, 0.3) is 55.5 Å². The number of hydrogen-bond acceptors (Lipinski definition) is 3. The Morgan fingerprint density at radius 3 is 1.59 bits per heavy atom. The smallest absolute Gasteiger partial charge is 0.155 e. The quantitative estimate of drug-likeness (QED) is 0.156. The van der Waals surface area contributed by atoms with Crippen LogP contribution in [0.5, 0.6) is 0 Å². The van der Waals surface area contributed by atoms with Gasteiger partial charge in [-0.15, -0.1) is 0 Å². The summed E-state index contributed by atoms with van der Waals surface area (Å²) in [6, 6.07) is 68.6. The van der Waals surface area contributed by atoms with E-state index in [1.165, 1.54) is 27.5 Å². The summed E-state index contributed by atoms with van der Waals surface area (Å²) in [5.41, 5.74) is 13.2. The second-order valence-corrected chi connectivity index (χ2v) is 13.8. The fourth-order valence-corrected chi connectivity index (χ4v) is 7.79. The van der Waals surface area contributed by atoms with Gasteiger partial charge in [0.25, 0.3) is 0 Å². The summed E-state index contributed by atoms with van der Waals surface area (Å²) in [5.74, 6) is 0.965. The minimum atomic E-state index is -0.00789. The third-order valence-electron chi connectivity index (χ3n) is 10.5. The fraction of sp³-hybridized carbons (Fsp3) is 0.0784. The Labute approximate surface area is 317 Å². The van der Waals surface area contributed by atoms with E-state index >= 15 is 0 Å². The topological polar surface area (TPSA) is 37.6 Å². The Morgan fingerprint density at radius 2 is 0.944 bits per heavy atom. The maximum absolute atomic E-state index is 5.33. The van der Waals surface area contributed by atoms with Crippen molar-refractivity contribution in [1.29, 1.82) is 0 Å². The lowest BCUT2D eigenvalue weighted by molar-refractivity contribution is 0.532. The number of aromatic nitrogens is 1. The van der Waals surface area contributed by atoms with Crippen LogP contribution in [0.3, 0.4) is 0 Å². The molecule has 0 saturated heterocycles. The van der Waals surface area contributed by atoms with Gasteiger partial charge in [0.1, 0.15) is 0 Å². The average Bonchev–Trinajstić information content (AvgIpc) is 3.26. The summed E-state index contributed by atoms with van der Waals surface area (Å²) in [6.07, 6.45) is 0.950. The molecule has 0 aliphatic carbocycles. The van der Waals surface area contributed by atoms with Crippen LogP contribution in [0.15, 0.2) is 204 Å². The van der Waals surface area contributed by atoms with E-state index < -0.39 is 0 Å². The van der Waals surface area contributed by atoms with Gasteiger partial charge >= 0.3 is 0 Å². The van der Waals surface area contributed by atoms with Crippen LogP contribution >= 0.6 is 0 Å². The minimum Gasteiger partial charge on any atom is -0.257 e. The van der Waals surface area contributed by atoms with E-state index in [1.807, 2.05) is 6.07 Å². The molecule has 2 unspecified atom stereocenters. The van der Waals surface area contributed by atoms with E-state index in [0.29, 0.717) is 0 Å². The van der Waals surface area contributed by atoms with E-state index in [9.17, 15) is 0 Å². The van der Waals surface area contributed by atoms with Gasteiger partial charge in [0.2, 0.25) is 0 Å². The first-order valence-corrected chi connectivity index (χ1v) is 18.8. The molecule has 0 spiro atoms. The Balaban J connectivity index is 1.12. The first-order valence-electron chi connectivity index (χ1n) is 18.8. The molecule has 3 nitrogen and oxygen atoms in total. The third kappa shape index (κ3) is 6.46. The third-order valence-corrected chi connectivity index (χ3v) is 10.5. The van der Waals surface area contributed by atoms with Crippen molar-refractivity contribution in [3.8, 4) is 44.8 Å². The van der Waals surface area contributed by atoms with Crippen molar-refractivity contribution in [2.24, 2.45) is 15.9 Å².